The maximum absolute atomic E-state index is 10.9. The van der Waals surface area contributed by atoms with Crippen LogP contribution < -0.4 is 4.90 Å². The number of nitro groups is 1. The SMILES string of the molecule is Cc1cccc(CN(C)c2ccc([N+](=O)[O-])c(CO)c2)c1. The quantitative estimate of drug-likeness (QED) is 0.677. The smallest absolute Gasteiger partial charge is 0.275 e. The molecule has 0 fully saturated rings. The molecule has 2 aromatic carbocycles. The van der Waals surface area contributed by atoms with Crippen molar-refractivity contribution < 1.29 is 10.0 Å². The van der Waals surface area contributed by atoms with Crippen molar-refractivity contribution in [2.24, 2.45) is 0 Å². The predicted octanol–water partition coefficient (Wildman–Crippen LogP) is 3.03. The van der Waals surface area contributed by atoms with Crippen molar-refractivity contribution in [3.8, 4) is 0 Å². The molecule has 0 spiro atoms. The Bertz CT molecular complexity index is 656. The number of aliphatic hydroxyl groups excluding tert-OH is 1. The molecule has 0 atom stereocenters. The Morgan fingerprint density at radius 1 is 1.24 bits per heavy atom. The standard InChI is InChI=1S/C16H18N2O3/c1-12-4-3-5-13(8-12)10-17(2)15-6-7-16(18(20)21)14(9-15)11-19/h3-9,19H,10-11H2,1-2H3. The van der Waals surface area contributed by atoms with Crippen LogP contribution in [0.15, 0.2) is 42.5 Å². The van der Waals surface area contributed by atoms with Gasteiger partial charge in [-0.2, -0.15) is 0 Å². The van der Waals surface area contributed by atoms with Crippen LogP contribution in [0, 0.1) is 17.0 Å². The molecule has 0 unspecified atom stereocenters. The van der Waals surface area contributed by atoms with Crippen molar-refractivity contribution >= 4 is 11.4 Å². The first-order valence-corrected chi connectivity index (χ1v) is 6.66. The van der Waals surface area contributed by atoms with E-state index in [0.717, 1.165) is 5.69 Å². The molecule has 0 saturated carbocycles. The lowest BCUT2D eigenvalue weighted by Gasteiger charge is -2.20. The molecule has 21 heavy (non-hydrogen) atoms. The average molecular weight is 286 g/mol. The van der Waals surface area contributed by atoms with Crippen LogP contribution in [0.5, 0.6) is 0 Å². The van der Waals surface area contributed by atoms with Crippen LogP contribution in [-0.4, -0.2) is 17.1 Å². The molecule has 0 radical (unpaired) electrons. The Hall–Kier alpha value is -2.40. The molecule has 0 bridgehead atoms. The molecule has 110 valence electrons. The van der Waals surface area contributed by atoms with Crippen LogP contribution in [0.4, 0.5) is 11.4 Å². The van der Waals surface area contributed by atoms with Gasteiger partial charge in [0.05, 0.1) is 17.1 Å². The van der Waals surface area contributed by atoms with Crippen LogP contribution in [0.1, 0.15) is 16.7 Å². The maximum Gasteiger partial charge on any atom is 0.275 e. The summed E-state index contributed by atoms with van der Waals surface area (Å²) >= 11 is 0. The lowest BCUT2D eigenvalue weighted by atomic mass is 10.1. The number of hydrogen-bond donors (Lipinski definition) is 1. The molecular weight excluding hydrogens is 268 g/mol. The van der Waals surface area contributed by atoms with Crippen molar-refractivity contribution in [1.29, 1.82) is 0 Å². The summed E-state index contributed by atoms with van der Waals surface area (Å²) in [6.45, 7) is 2.39. The van der Waals surface area contributed by atoms with Crippen molar-refractivity contribution in [3.05, 3.63) is 69.3 Å². The lowest BCUT2D eigenvalue weighted by Crippen LogP contribution is -2.16. The van der Waals surface area contributed by atoms with Crippen LogP contribution in [0.2, 0.25) is 0 Å². The minimum absolute atomic E-state index is 0.0507. The Balaban J connectivity index is 2.23. The third kappa shape index (κ3) is 3.58. The van der Waals surface area contributed by atoms with Gasteiger partial charge in [-0.05, 0) is 24.6 Å². The zero-order valence-electron chi connectivity index (χ0n) is 12.1. The predicted molar refractivity (Wildman–Crippen MR) is 82.3 cm³/mol. The number of aryl methyl sites for hydroxylation is 1. The maximum atomic E-state index is 10.9. The highest BCUT2D eigenvalue weighted by Crippen LogP contribution is 2.25. The largest absolute Gasteiger partial charge is 0.391 e. The second-order valence-electron chi connectivity index (χ2n) is 5.07. The Morgan fingerprint density at radius 3 is 2.62 bits per heavy atom. The average Bonchev–Trinajstić information content (AvgIpc) is 2.46. The van der Waals surface area contributed by atoms with Gasteiger partial charge in [0.1, 0.15) is 0 Å². The number of rotatable bonds is 5. The van der Waals surface area contributed by atoms with Crippen molar-refractivity contribution in [2.45, 2.75) is 20.1 Å². The molecule has 0 aliphatic carbocycles. The highest BCUT2D eigenvalue weighted by molar-refractivity contribution is 5.55. The molecule has 0 heterocycles. The fourth-order valence-corrected chi connectivity index (χ4v) is 2.29. The fraction of sp³-hybridized carbons (Fsp3) is 0.250. The number of aliphatic hydroxyl groups is 1. The summed E-state index contributed by atoms with van der Waals surface area (Å²) in [4.78, 5) is 12.4. The van der Waals surface area contributed by atoms with E-state index in [0.29, 0.717) is 12.1 Å². The highest BCUT2D eigenvalue weighted by atomic mass is 16.6. The third-order valence-electron chi connectivity index (χ3n) is 3.37. The summed E-state index contributed by atoms with van der Waals surface area (Å²) in [6.07, 6.45) is 0. The van der Waals surface area contributed by atoms with E-state index in [2.05, 4.69) is 6.07 Å². The van der Waals surface area contributed by atoms with E-state index in [9.17, 15) is 15.2 Å². The molecule has 2 rings (SSSR count). The zero-order chi connectivity index (χ0) is 15.4. The van der Waals surface area contributed by atoms with E-state index in [1.54, 1.807) is 12.1 Å². The van der Waals surface area contributed by atoms with Gasteiger partial charge >= 0.3 is 0 Å². The first-order valence-electron chi connectivity index (χ1n) is 6.66. The van der Waals surface area contributed by atoms with Crippen molar-refractivity contribution in [1.82, 2.24) is 0 Å². The fourth-order valence-electron chi connectivity index (χ4n) is 2.29. The number of benzene rings is 2. The Morgan fingerprint density at radius 2 is 2.00 bits per heavy atom. The number of nitro benzene ring substituents is 1. The molecular formula is C16H18N2O3. The Kier molecular flexibility index (Phi) is 4.55. The first-order chi connectivity index (χ1) is 10.0. The molecule has 5 heteroatoms. The summed E-state index contributed by atoms with van der Waals surface area (Å²) in [5, 5.41) is 20.1. The Labute approximate surface area is 123 Å². The second-order valence-corrected chi connectivity index (χ2v) is 5.07. The van der Waals surface area contributed by atoms with Gasteiger partial charge in [0.25, 0.3) is 5.69 Å². The van der Waals surface area contributed by atoms with Gasteiger partial charge < -0.3 is 10.0 Å². The normalized spacial score (nSPS) is 10.4. The highest BCUT2D eigenvalue weighted by Gasteiger charge is 2.14. The second kappa shape index (κ2) is 6.37. The minimum atomic E-state index is -0.476. The van der Waals surface area contributed by atoms with E-state index in [1.807, 2.05) is 37.1 Å². The first kappa shape index (κ1) is 15.0. The van der Waals surface area contributed by atoms with Gasteiger partial charge in [-0.25, -0.2) is 0 Å². The van der Waals surface area contributed by atoms with Crippen molar-refractivity contribution in [3.63, 3.8) is 0 Å². The molecule has 0 aliphatic heterocycles. The summed E-state index contributed by atoms with van der Waals surface area (Å²) in [7, 11) is 1.92. The number of hydrogen-bond acceptors (Lipinski definition) is 4. The minimum Gasteiger partial charge on any atom is -0.391 e. The van der Waals surface area contributed by atoms with Crippen LogP contribution in [-0.2, 0) is 13.2 Å². The molecule has 0 amide bonds. The van der Waals surface area contributed by atoms with Gasteiger partial charge in [0.2, 0.25) is 0 Å². The van der Waals surface area contributed by atoms with Gasteiger partial charge in [-0.3, -0.25) is 10.1 Å². The summed E-state index contributed by atoms with van der Waals surface area (Å²) in [6, 6.07) is 13.0. The van der Waals surface area contributed by atoms with E-state index in [1.165, 1.54) is 17.2 Å². The van der Waals surface area contributed by atoms with E-state index >= 15 is 0 Å². The van der Waals surface area contributed by atoms with E-state index in [-0.39, 0.29) is 12.3 Å². The van der Waals surface area contributed by atoms with Crippen molar-refractivity contribution in [2.75, 3.05) is 11.9 Å². The summed E-state index contributed by atoms with van der Waals surface area (Å²) < 4.78 is 0. The van der Waals surface area contributed by atoms with Gasteiger partial charge in [0.15, 0.2) is 0 Å². The topological polar surface area (TPSA) is 66.6 Å². The molecule has 0 saturated heterocycles. The molecule has 1 N–H and O–H groups in total. The molecule has 2 aromatic rings. The lowest BCUT2D eigenvalue weighted by molar-refractivity contribution is -0.385. The summed E-state index contributed by atoms with van der Waals surface area (Å²) in [5.74, 6) is 0. The van der Waals surface area contributed by atoms with Crippen LogP contribution >= 0.6 is 0 Å². The third-order valence-corrected chi connectivity index (χ3v) is 3.37. The monoisotopic (exact) mass is 286 g/mol. The van der Waals surface area contributed by atoms with E-state index in [4.69, 9.17) is 0 Å². The molecule has 0 aliphatic rings. The van der Waals surface area contributed by atoms with Crippen LogP contribution in [0.25, 0.3) is 0 Å². The molecule has 5 nitrogen and oxygen atoms in total. The zero-order valence-corrected chi connectivity index (χ0v) is 12.1. The van der Waals surface area contributed by atoms with Gasteiger partial charge in [-0.15, -0.1) is 0 Å². The summed E-state index contributed by atoms with van der Waals surface area (Å²) in [5.41, 5.74) is 3.48. The van der Waals surface area contributed by atoms with Crippen LogP contribution in [0.3, 0.4) is 0 Å². The van der Waals surface area contributed by atoms with Gasteiger partial charge in [0, 0.05) is 25.3 Å². The molecule has 0 aromatic heterocycles. The number of nitrogens with zero attached hydrogens (tertiary/aromatic N) is 2. The van der Waals surface area contributed by atoms with Gasteiger partial charge in [-0.1, -0.05) is 29.8 Å². The number of anilines is 1. The van der Waals surface area contributed by atoms with E-state index < -0.39 is 4.92 Å².